The van der Waals surface area contributed by atoms with Gasteiger partial charge in [0, 0.05) is 12.6 Å². The van der Waals surface area contributed by atoms with Crippen LogP contribution in [0.1, 0.15) is 35.7 Å². The fraction of sp³-hybridized carbons (Fsp3) is 0.280. The van der Waals surface area contributed by atoms with Gasteiger partial charge in [-0.25, -0.2) is 13.4 Å². The van der Waals surface area contributed by atoms with Crippen LogP contribution in [0.4, 0.5) is 0 Å². The smallest absolute Gasteiger partial charge is 0.228 e. The van der Waals surface area contributed by atoms with Crippen LogP contribution in [-0.4, -0.2) is 35.3 Å². The van der Waals surface area contributed by atoms with E-state index in [2.05, 4.69) is 11.6 Å². The lowest BCUT2D eigenvalue weighted by Gasteiger charge is -2.22. The number of sulfone groups is 1. The van der Waals surface area contributed by atoms with Gasteiger partial charge in [0.2, 0.25) is 20.9 Å². The second-order valence-corrected chi connectivity index (χ2v) is 9.99. The van der Waals surface area contributed by atoms with Gasteiger partial charge in [-0.15, -0.1) is 6.58 Å². The molecule has 2 aromatic carbocycles. The molecule has 1 aliphatic carbocycles. The van der Waals surface area contributed by atoms with Crippen molar-refractivity contribution in [1.29, 1.82) is 0 Å². The highest BCUT2D eigenvalue weighted by molar-refractivity contribution is 7.90. The molecular weight excluding hydrogens is 422 g/mol. The van der Waals surface area contributed by atoms with Gasteiger partial charge in [0.15, 0.2) is 0 Å². The summed E-state index contributed by atoms with van der Waals surface area (Å²) in [5, 5.41) is 0.0907. The summed E-state index contributed by atoms with van der Waals surface area (Å²) in [5.74, 6) is -0.131. The van der Waals surface area contributed by atoms with E-state index in [0.29, 0.717) is 13.1 Å². The van der Waals surface area contributed by atoms with Gasteiger partial charge < -0.3 is 9.47 Å². The average molecular weight is 450 g/mol. The van der Waals surface area contributed by atoms with Crippen molar-refractivity contribution in [2.75, 3.05) is 6.54 Å². The Morgan fingerprint density at radius 3 is 2.28 bits per heavy atom. The van der Waals surface area contributed by atoms with E-state index in [1.165, 1.54) is 0 Å². The summed E-state index contributed by atoms with van der Waals surface area (Å²) in [5.41, 5.74) is 2.40. The zero-order valence-electron chi connectivity index (χ0n) is 17.9. The topological polar surface area (TPSA) is 72.3 Å². The number of amides is 1. The Labute approximate surface area is 189 Å². The Morgan fingerprint density at radius 2 is 1.69 bits per heavy atom. The van der Waals surface area contributed by atoms with E-state index in [0.717, 1.165) is 29.7 Å². The second-order valence-electron chi connectivity index (χ2n) is 8.10. The Kier molecular flexibility index (Phi) is 6.55. The zero-order valence-corrected chi connectivity index (χ0v) is 18.7. The van der Waals surface area contributed by atoms with Crippen molar-refractivity contribution < 1.29 is 13.2 Å². The normalized spacial score (nSPS) is 13.6. The molecule has 1 saturated carbocycles. The zero-order chi connectivity index (χ0) is 22.6. The molecule has 0 bridgehead atoms. The minimum atomic E-state index is -3.62. The highest BCUT2D eigenvalue weighted by Gasteiger charge is 2.34. The van der Waals surface area contributed by atoms with Crippen molar-refractivity contribution in [1.82, 2.24) is 14.5 Å². The highest BCUT2D eigenvalue weighted by Crippen LogP contribution is 2.39. The van der Waals surface area contributed by atoms with Crippen LogP contribution < -0.4 is 0 Å². The predicted molar refractivity (Wildman–Crippen MR) is 124 cm³/mol. The van der Waals surface area contributed by atoms with Crippen LogP contribution >= 0.6 is 0 Å². The second kappa shape index (κ2) is 9.53. The molecule has 4 rings (SSSR count). The molecule has 7 heteroatoms. The van der Waals surface area contributed by atoms with E-state index >= 15 is 0 Å². The first-order valence-corrected chi connectivity index (χ1v) is 12.4. The fourth-order valence-corrected chi connectivity index (χ4v) is 5.33. The molecule has 0 saturated heterocycles. The van der Waals surface area contributed by atoms with Crippen LogP contribution in [-0.2, 0) is 33.4 Å². The van der Waals surface area contributed by atoms with E-state index in [1.807, 2.05) is 53.1 Å². The standard InChI is InChI=1S/C25H27N3O3S/c1-2-15-27(24(29)16-20-9-5-3-6-10-20)18-23-17-26-25(28(23)22-13-14-22)32(30,31)19-21-11-7-4-8-12-21/h2-12,17,22H,1,13-16,18-19H2. The van der Waals surface area contributed by atoms with Crippen molar-refractivity contribution in [3.05, 3.63) is 96.3 Å². The molecule has 3 aromatic rings. The number of aromatic nitrogens is 2. The molecule has 0 radical (unpaired) electrons. The van der Waals surface area contributed by atoms with Gasteiger partial charge in [-0.2, -0.15) is 0 Å². The maximum absolute atomic E-state index is 13.2. The van der Waals surface area contributed by atoms with Crippen molar-refractivity contribution in [3.8, 4) is 0 Å². The van der Waals surface area contributed by atoms with Crippen LogP contribution in [0.15, 0.2) is 84.7 Å². The molecule has 6 nitrogen and oxygen atoms in total. The van der Waals surface area contributed by atoms with Crippen LogP contribution in [0.3, 0.4) is 0 Å². The van der Waals surface area contributed by atoms with Crippen molar-refractivity contribution in [3.63, 3.8) is 0 Å². The van der Waals surface area contributed by atoms with E-state index in [-0.39, 0.29) is 29.3 Å². The lowest BCUT2D eigenvalue weighted by atomic mass is 10.1. The Morgan fingerprint density at radius 1 is 1.06 bits per heavy atom. The maximum atomic E-state index is 13.2. The molecule has 1 fully saturated rings. The molecule has 0 spiro atoms. The molecule has 0 aliphatic heterocycles. The van der Waals surface area contributed by atoms with Gasteiger partial charge in [0.25, 0.3) is 0 Å². The number of imidazole rings is 1. The first-order chi connectivity index (χ1) is 15.5. The maximum Gasteiger partial charge on any atom is 0.228 e. The summed E-state index contributed by atoms with van der Waals surface area (Å²) < 4.78 is 28.2. The quantitative estimate of drug-likeness (QED) is 0.440. The first-order valence-electron chi connectivity index (χ1n) is 10.7. The van der Waals surface area contributed by atoms with Gasteiger partial charge >= 0.3 is 0 Å². The first kappa shape index (κ1) is 22.0. The van der Waals surface area contributed by atoms with E-state index < -0.39 is 9.84 Å². The summed E-state index contributed by atoms with van der Waals surface area (Å²) in [6.07, 6.45) is 5.40. The Balaban J connectivity index is 1.58. The lowest BCUT2D eigenvalue weighted by Crippen LogP contribution is -2.33. The molecule has 0 atom stereocenters. The monoisotopic (exact) mass is 449 g/mol. The SMILES string of the molecule is C=CCN(Cc1cnc(S(=O)(=O)Cc2ccccc2)n1C1CC1)C(=O)Cc1ccccc1. The van der Waals surface area contributed by atoms with Gasteiger partial charge in [-0.1, -0.05) is 66.7 Å². The molecular formula is C25H27N3O3S. The number of hydrogen-bond donors (Lipinski definition) is 0. The van der Waals surface area contributed by atoms with Gasteiger partial charge in [0.1, 0.15) is 0 Å². The number of hydrogen-bond acceptors (Lipinski definition) is 4. The lowest BCUT2D eigenvalue weighted by molar-refractivity contribution is -0.130. The number of carbonyl (C=O) groups is 1. The number of nitrogens with zero attached hydrogens (tertiary/aromatic N) is 3. The third-order valence-electron chi connectivity index (χ3n) is 5.48. The van der Waals surface area contributed by atoms with Crippen LogP contribution in [0.25, 0.3) is 0 Å². The van der Waals surface area contributed by atoms with Gasteiger partial charge in [-0.3, -0.25) is 4.79 Å². The van der Waals surface area contributed by atoms with E-state index in [4.69, 9.17) is 0 Å². The van der Waals surface area contributed by atoms with Crippen molar-refractivity contribution in [2.45, 2.75) is 42.8 Å². The summed E-state index contributed by atoms with van der Waals surface area (Å²) in [4.78, 5) is 19.0. The minimum Gasteiger partial charge on any atom is -0.333 e. The molecule has 166 valence electrons. The molecule has 1 amide bonds. The molecule has 32 heavy (non-hydrogen) atoms. The number of carbonyl (C=O) groups excluding carboxylic acids is 1. The molecule has 1 heterocycles. The predicted octanol–water partition coefficient (Wildman–Crippen LogP) is 3.95. The molecule has 0 unspecified atom stereocenters. The van der Waals surface area contributed by atoms with Crippen LogP contribution in [0.5, 0.6) is 0 Å². The summed E-state index contributed by atoms with van der Waals surface area (Å²) >= 11 is 0. The molecule has 1 aliphatic rings. The number of rotatable bonds is 10. The third-order valence-corrected chi connectivity index (χ3v) is 7.05. The Bertz CT molecular complexity index is 1180. The van der Waals surface area contributed by atoms with Gasteiger partial charge in [-0.05, 0) is 24.0 Å². The van der Waals surface area contributed by atoms with Crippen LogP contribution in [0, 0.1) is 0 Å². The largest absolute Gasteiger partial charge is 0.333 e. The molecule has 1 aromatic heterocycles. The summed E-state index contributed by atoms with van der Waals surface area (Å²) in [6, 6.07) is 18.8. The fourth-order valence-electron chi connectivity index (χ4n) is 3.79. The van der Waals surface area contributed by atoms with Crippen molar-refractivity contribution in [2.24, 2.45) is 0 Å². The Hall–Kier alpha value is -3.19. The average Bonchev–Trinajstić information content (AvgIpc) is 3.53. The third kappa shape index (κ3) is 5.16. The van der Waals surface area contributed by atoms with E-state index in [1.54, 1.807) is 29.3 Å². The minimum absolute atomic E-state index is 0.0339. The van der Waals surface area contributed by atoms with Crippen molar-refractivity contribution >= 4 is 15.7 Å². The summed E-state index contributed by atoms with van der Waals surface area (Å²) in [6.45, 7) is 4.46. The van der Waals surface area contributed by atoms with Crippen LogP contribution in [0.2, 0.25) is 0 Å². The number of benzene rings is 2. The van der Waals surface area contributed by atoms with E-state index in [9.17, 15) is 13.2 Å². The highest BCUT2D eigenvalue weighted by atomic mass is 32.2. The summed E-state index contributed by atoms with van der Waals surface area (Å²) in [7, 11) is -3.62. The molecule has 0 N–H and O–H groups in total. The van der Waals surface area contributed by atoms with Gasteiger partial charge in [0.05, 0.1) is 30.6 Å².